The Labute approximate surface area is 194 Å². The minimum atomic E-state index is -3.76. The van der Waals surface area contributed by atoms with Gasteiger partial charge in [-0.05, 0) is 73.9 Å². The maximum atomic E-state index is 13.3. The zero-order valence-corrected chi connectivity index (χ0v) is 19.4. The van der Waals surface area contributed by atoms with E-state index in [9.17, 15) is 13.2 Å². The van der Waals surface area contributed by atoms with Crippen LogP contribution in [0, 0.1) is 6.92 Å². The van der Waals surface area contributed by atoms with Gasteiger partial charge in [0.2, 0.25) is 0 Å². The van der Waals surface area contributed by atoms with E-state index in [1.165, 1.54) is 23.5 Å². The normalized spacial score (nSPS) is 13.2. The number of hydrogen-bond acceptors (Lipinski definition) is 5. The minimum absolute atomic E-state index is 0.145. The number of carbonyl (C=O) groups is 1. The summed E-state index contributed by atoms with van der Waals surface area (Å²) in [5.41, 5.74) is 3.12. The number of aryl methyl sites for hydroxylation is 2. The predicted molar refractivity (Wildman–Crippen MR) is 128 cm³/mol. The quantitative estimate of drug-likeness (QED) is 0.565. The van der Waals surface area contributed by atoms with Gasteiger partial charge in [0.1, 0.15) is 11.5 Å². The molecule has 8 heteroatoms. The Balaban J connectivity index is 1.51. The van der Waals surface area contributed by atoms with E-state index in [-0.39, 0.29) is 17.4 Å². The third kappa shape index (κ3) is 5.12. The summed E-state index contributed by atoms with van der Waals surface area (Å²) < 4.78 is 38.8. The van der Waals surface area contributed by atoms with Crippen molar-refractivity contribution in [3.8, 4) is 11.5 Å². The van der Waals surface area contributed by atoms with Gasteiger partial charge in [-0.1, -0.05) is 23.8 Å². The number of nitrogens with zero attached hydrogens (tertiary/aromatic N) is 1. The molecule has 1 aliphatic heterocycles. The molecule has 0 aliphatic carbocycles. The number of carbonyl (C=O) groups excluding carboxylic acids is 1. The molecule has 0 saturated carbocycles. The lowest BCUT2D eigenvalue weighted by Crippen LogP contribution is -2.35. The van der Waals surface area contributed by atoms with E-state index in [1.54, 1.807) is 24.3 Å². The molecule has 3 aromatic rings. The first-order valence-corrected chi connectivity index (χ1v) is 12.1. The van der Waals surface area contributed by atoms with Crippen LogP contribution in [0.15, 0.2) is 71.6 Å². The molecule has 1 heterocycles. The van der Waals surface area contributed by atoms with Crippen LogP contribution in [0.4, 0.5) is 11.4 Å². The van der Waals surface area contributed by atoms with Gasteiger partial charge < -0.3 is 14.8 Å². The Morgan fingerprint density at radius 1 is 1.00 bits per heavy atom. The molecule has 7 nitrogen and oxygen atoms in total. The van der Waals surface area contributed by atoms with Gasteiger partial charge in [0.25, 0.3) is 15.9 Å². The molecular formula is C25H26N2O5S. The third-order valence-corrected chi connectivity index (χ3v) is 7.31. The van der Waals surface area contributed by atoms with Crippen molar-refractivity contribution in [1.82, 2.24) is 0 Å². The zero-order chi connectivity index (χ0) is 23.4. The molecule has 3 aromatic carbocycles. The van der Waals surface area contributed by atoms with E-state index >= 15 is 0 Å². The van der Waals surface area contributed by atoms with E-state index in [4.69, 9.17) is 9.47 Å². The van der Waals surface area contributed by atoms with E-state index in [0.717, 1.165) is 24.0 Å². The van der Waals surface area contributed by atoms with E-state index < -0.39 is 10.0 Å². The number of ether oxygens (including phenoxy) is 2. The van der Waals surface area contributed by atoms with Crippen LogP contribution in [0.25, 0.3) is 0 Å². The molecule has 172 valence electrons. The van der Waals surface area contributed by atoms with Gasteiger partial charge in [0.15, 0.2) is 6.61 Å². The molecule has 0 fully saturated rings. The Morgan fingerprint density at radius 2 is 1.70 bits per heavy atom. The average Bonchev–Trinajstić information content (AvgIpc) is 2.83. The van der Waals surface area contributed by atoms with Crippen LogP contribution in [0.1, 0.15) is 17.5 Å². The van der Waals surface area contributed by atoms with Gasteiger partial charge in [-0.25, -0.2) is 8.42 Å². The summed E-state index contributed by atoms with van der Waals surface area (Å²) in [4.78, 5) is 12.6. The average molecular weight is 467 g/mol. The van der Waals surface area contributed by atoms with Crippen molar-refractivity contribution in [3.05, 3.63) is 77.9 Å². The third-order valence-electron chi connectivity index (χ3n) is 5.48. The van der Waals surface area contributed by atoms with Gasteiger partial charge in [-0.2, -0.15) is 0 Å². The number of sulfonamides is 1. The Hall–Kier alpha value is -3.52. The highest BCUT2D eigenvalue weighted by Crippen LogP contribution is 2.34. The van der Waals surface area contributed by atoms with Crippen molar-refractivity contribution in [3.63, 3.8) is 0 Å². The fraction of sp³-hybridized carbons (Fsp3) is 0.240. The minimum Gasteiger partial charge on any atom is -0.497 e. The second-order valence-electron chi connectivity index (χ2n) is 7.85. The highest BCUT2D eigenvalue weighted by molar-refractivity contribution is 7.92. The second-order valence-corrected chi connectivity index (χ2v) is 9.71. The fourth-order valence-electron chi connectivity index (χ4n) is 3.72. The molecule has 0 radical (unpaired) electrons. The van der Waals surface area contributed by atoms with Crippen LogP contribution in [0.5, 0.6) is 11.5 Å². The van der Waals surface area contributed by atoms with Crippen LogP contribution < -0.4 is 19.1 Å². The number of nitrogens with one attached hydrogen (secondary N) is 1. The lowest BCUT2D eigenvalue weighted by molar-refractivity contribution is -0.118. The van der Waals surface area contributed by atoms with Crippen LogP contribution in [0.2, 0.25) is 0 Å². The number of methoxy groups -OCH3 is 1. The summed E-state index contributed by atoms with van der Waals surface area (Å²) in [5, 5.41) is 2.80. The van der Waals surface area contributed by atoms with Crippen molar-refractivity contribution in [1.29, 1.82) is 0 Å². The molecule has 4 rings (SSSR count). The fourth-order valence-corrected chi connectivity index (χ4v) is 5.26. The van der Waals surface area contributed by atoms with E-state index in [1.807, 2.05) is 37.3 Å². The van der Waals surface area contributed by atoms with Crippen LogP contribution in [0.3, 0.4) is 0 Å². The lowest BCUT2D eigenvalue weighted by atomic mass is 10.0. The molecule has 0 aromatic heterocycles. The summed E-state index contributed by atoms with van der Waals surface area (Å²) in [7, 11) is -2.22. The van der Waals surface area contributed by atoms with E-state index in [0.29, 0.717) is 29.4 Å². The summed E-state index contributed by atoms with van der Waals surface area (Å²) in [6, 6.07) is 19.1. The molecule has 0 bridgehead atoms. The molecule has 0 unspecified atom stereocenters. The van der Waals surface area contributed by atoms with Crippen LogP contribution >= 0.6 is 0 Å². The number of benzene rings is 3. The SMILES string of the molecule is COc1ccc(S(=O)(=O)N2CCCc3ccc(NC(=O)COc4ccc(C)cc4)cc32)cc1. The second kappa shape index (κ2) is 9.54. The lowest BCUT2D eigenvalue weighted by Gasteiger charge is -2.31. The van der Waals surface area contributed by atoms with Crippen molar-refractivity contribution in [2.24, 2.45) is 0 Å². The highest BCUT2D eigenvalue weighted by Gasteiger charge is 2.29. The van der Waals surface area contributed by atoms with Gasteiger partial charge in [-0.15, -0.1) is 0 Å². The zero-order valence-electron chi connectivity index (χ0n) is 18.6. The van der Waals surface area contributed by atoms with Crippen LogP contribution in [-0.4, -0.2) is 34.6 Å². The smallest absolute Gasteiger partial charge is 0.264 e. The maximum Gasteiger partial charge on any atom is 0.264 e. The Bertz CT molecular complexity index is 1240. The number of hydrogen-bond donors (Lipinski definition) is 1. The monoisotopic (exact) mass is 466 g/mol. The Morgan fingerprint density at radius 3 is 2.39 bits per heavy atom. The first-order chi connectivity index (χ1) is 15.9. The summed E-state index contributed by atoms with van der Waals surface area (Å²) in [5.74, 6) is 0.875. The maximum absolute atomic E-state index is 13.3. The van der Waals surface area contributed by atoms with Gasteiger partial charge in [0.05, 0.1) is 17.7 Å². The molecule has 0 saturated heterocycles. The molecular weight excluding hydrogens is 440 g/mol. The summed E-state index contributed by atoms with van der Waals surface area (Å²) in [6.45, 7) is 2.20. The van der Waals surface area contributed by atoms with Gasteiger partial charge in [0, 0.05) is 12.2 Å². The first kappa shape index (κ1) is 22.7. The number of fused-ring (bicyclic) bond motifs is 1. The van der Waals surface area contributed by atoms with Crippen molar-refractivity contribution in [2.45, 2.75) is 24.7 Å². The Kier molecular flexibility index (Phi) is 6.55. The molecule has 0 atom stereocenters. The number of rotatable bonds is 7. The van der Waals surface area contributed by atoms with Crippen LogP contribution in [-0.2, 0) is 21.2 Å². The summed E-state index contributed by atoms with van der Waals surface area (Å²) in [6.07, 6.45) is 1.49. The summed E-state index contributed by atoms with van der Waals surface area (Å²) >= 11 is 0. The standard InChI is InChI=1S/C25H26N2O5S/c1-18-5-9-22(10-6-18)32-17-25(28)26-20-8-7-19-4-3-15-27(24(19)16-20)33(29,30)23-13-11-21(31-2)12-14-23/h5-14,16H,3-4,15,17H2,1-2H3,(H,26,28). The van der Waals surface area contributed by atoms with E-state index in [2.05, 4.69) is 5.32 Å². The van der Waals surface area contributed by atoms with Crippen molar-refractivity contribution < 1.29 is 22.7 Å². The number of anilines is 2. The first-order valence-electron chi connectivity index (χ1n) is 10.7. The topological polar surface area (TPSA) is 84.9 Å². The van der Waals surface area contributed by atoms with Crippen molar-refractivity contribution in [2.75, 3.05) is 29.9 Å². The molecule has 0 spiro atoms. The van der Waals surface area contributed by atoms with Gasteiger partial charge in [-0.3, -0.25) is 9.10 Å². The molecule has 1 N–H and O–H groups in total. The molecule has 33 heavy (non-hydrogen) atoms. The largest absolute Gasteiger partial charge is 0.497 e. The highest BCUT2D eigenvalue weighted by atomic mass is 32.2. The molecule has 1 amide bonds. The number of amides is 1. The predicted octanol–water partition coefficient (Wildman–Crippen LogP) is 4.16. The van der Waals surface area contributed by atoms with Gasteiger partial charge >= 0.3 is 0 Å². The van der Waals surface area contributed by atoms with Crippen molar-refractivity contribution >= 4 is 27.3 Å². The molecule has 1 aliphatic rings.